The van der Waals surface area contributed by atoms with Crippen LogP contribution in [0.4, 0.5) is 5.69 Å². The Hall–Kier alpha value is -1.71. The summed E-state index contributed by atoms with van der Waals surface area (Å²) >= 11 is 0. The maximum absolute atomic E-state index is 10.8. The molecule has 0 spiro atoms. The second kappa shape index (κ2) is 6.78. The summed E-state index contributed by atoms with van der Waals surface area (Å²) in [6, 6.07) is 3.16. The molecule has 4 nitrogen and oxygen atoms in total. The minimum atomic E-state index is -0.395. The lowest BCUT2D eigenvalue weighted by Gasteiger charge is -2.05. The molecule has 0 aliphatic carbocycles. The summed E-state index contributed by atoms with van der Waals surface area (Å²) in [5.74, 6) is 0. The molecule has 0 aliphatic heterocycles. The van der Waals surface area contributed by atoms with E-state index >= 15 is 0 Å². The number of hydrogen-bond acceptors (Lipinski definition) is 3. The first kappa shape index (κ1) is 15.3. The third-order valence-electron chi connectivity index (χ3n) is 2.32. The van der Waals surface area contributed by atoms with Crippen molar-refractivity contribution < 1.29 is 4.92 Å². The predicted molar refractivity (Wildman–Crippen MR) is 70.9 cm³/mol. The highest BCUT2D eigenvalue weighted by Gasteiger charge is 2.16. The van der Waals surface area contributed by atoms with Crippen LogP contribution in [0.5, 0.6) is 0 Å². The second-order valence-corrected chi connectivity index (χ2v) is 3.70. The number of rotatable bonds is 2. The standard InChI is InChI=1S/C11H14N2O2.C2H6/c1-7(2)9(4)11-10(13(14)15)6-5-8(3)12-11;1-2/h5-6H,1-4H3;1-2H3. The van der Waals surface area contributed by atoms with Crippen molar-refractivity contribution in [2.24, 2.45) is 0 Å². The van der Waals surface area contributed by atoms with Crippen molar-refractivity contribution >= 4 is 11.3 Å². The average molecular weight is 236 g/mol. The van der Waals surface area contributed by atoms with Crippen LogP contribution in [0.2, 0.25) is 0 Å². The molecule has 94 valence electrons. The Morgan fingerprint density at radius 3 is 2.18 bits per heavy atom. The summed E-state index contributed by atoms with van der Waals surface area (Å²) in [6.07, 6.45) is 0. The Balaban J connectivity index is 0.00000121. The fourth-order valence-corrected chi connectivity index (χ4v) is 1.21. The van der Waals surface area contributed by atoms with Gasteiger partial charge in [0, 0.05) is 11.8 Å². The van der Waals surface area contributed by atoms with Gasteiger partial charge in [0.25, 0.3) is 5.69 Å². The van der Waals surface area contributed by atoms with Crippen LogP contribution in [0.1, 0.15) is 46.0 Å². The number of nitrogens with zero attached hydrogens (tertiary/aromatic N) is 2. The predicted octanol–water partition coefficient (Wildman–Crippen LogP) is 4.14. The first-order valence-electron chi connectivity index (χ1n) is 5.70. The number of nitro groups is 1. The second-order valence-electron chi connectivity index (χ2n) is 3.70. The van der Waals surface area contributed by atoms with Gasteiger partial charge in [-0.3, -0.25) is 10.1 Å². The highest BCUT2D eigenvalue weighted by Crippen LogP contribution is 2.25. The van der Waals surface area contributed by atoms with E-state index in [1.165, 1.54) is 6.07 Å². The number of hydrogen-bond donors (Lipinski definition) is 0. The molecule has 1 aromatic heterocycles. The lowest BCUT2D eigenvalue weighted by atomic mass is 10.1. The normalized spacial score (nSPS) is 9.06. The first-order valence-corrected chi connectivity index (χ1v) is 5.70. The number of aromatic nitrogens is 1. The van der Waals surface area contributed by atoms with Gasteiger partial charge in [-0.2, -0.15) is 0 Å². The Labute approximate surface area is 103 Å². The molecule has 1 heterocycles. The first-order chi connectivity index (χ1) is 7.93. The molecule has 0 fully saturated rings. The van der Waals surface area contributed by atoms with Gasteiger partial charge in [0.2, 0.25) is 0 Å². The van der Waals surface area contributed by atoms with Crippen LogP contribution in [-0.2, 0) is 0 Å². The van der Waals surface area contributed by atoms with Crippen molar-refractivity contribution in [3.63, 3.8) is 0 Å². The topological polar surface area (TPSA) is 56.0 Å². The summed E-state index contributed by atoms with van der Waals surface area (Å²) in [7, 11) is 0. The molecule has 0 aromatic carbocycles. The summed E-state index contributed by atoms with van der Waals surface area (Å²) in [6.45, 7) is 11.5. The third-order valence-corrected chi connectivity index (χ3v) is 2.32. The largest absolute Gasteiger partial charge is 0.295 e. The van der Waals surface area contributed by atoms with E-state index in [1.807, 2.05) is 41.5 Å². The summed E-state index contributed by atoms with van der Waals surface area (Å²) in [5, 5.41) is 10.8. The molecule has 1 rings (SSSR count). The minimum Gasteiger partial charge on any atom is -0.258 e. The van der Waals surface area contributed by atoms with E-state index in [4.69, 9.17) is 0 Å². The molecule has 0 saturated carbocycles. The van der Waals surface area contributed by atoms with E-state index in [-0.39, 0.29) is 5.69 Å². The van der Waals surface area contributed by atoms with Crippen molar-refractivity contribution in [3.05, 3.63) is 39.2 Å². The van der Waals surface area contributed by atoms with Gasteiger partial charge in [-0.05, 0) is 39.3 Å². The number of aryl methyl sites for hydroxylation is 1. The van der Waals surface area contributed by atoms with Gasteiger partial charge < -0.3 is 0 Å². The van der Waals surface area contributed by atoms with E-state index in [0.717, 1.165) is 16.8 Å². The van der Waals surface area contributed by atoms with E-state index in [1.54, 1.807) is 6.07 Å². The Morgan fingerprint density at radius 2 is 1.76 bits per heavy atom. The molecule has 0 radical (unpaired) electrons. The van der Waals surface area contributed by atoms with Gasteiger partial charge in [-0.15, -0.1) is 0 Å². The van der Waals surface area contributed by atoms with E-state index in [9.17, 15) is 10.1 Å². The van der Waals surface area contributed by atoms with Crippen molar-refractivity contribution in [2.45, 2.75) is 41.5 Å². The molecule has 4 heteroatoms. The smallest absolute Gasteiger partial charge is 0.258 e. The molecule has 0 saturated heterocycles. The van der Waals surface area contributed by atoms with Crippen molar-refractivity contribution in [1.29, 1.82) is 0 Å². The third kappa shape index (κ3) is 3.98. The van der Waals surface area contributed by atoms with Crippen LogP contribution in [-0.4, -0.2) is 9.91 Å². The highest BCUT2D eigenvalue weighted by atomic mass is 16.6. The van der Waals surface area contributed by atoms with E-state index in [2.05, 4.69) is 4.98 Å². The number of allylic oxidation sites excluding steroid dienone is 2. The lowest BCUT2D eigenvalue weighted by molar-refractivity contribution is -0.385. The SMILES string of the molecule is CC.CC(C)=C(C)c1nc(C)ccc1[N+](=O)[O-]. The average Bonchev–Trinajstić information content (AvgIpc) is 2.30. The fourth-order valence-electron chi connectivity index (χ4n) is 1.21. The van der Waals surface area contributed by atoms with Crippen LogP contribution < -0.4 is 0 Å². The van der Waals surface area contributed by atoms with E-state index in [0.29, 0.717) is 5.69 Å². The van der Waals surface area contributed by atoms with Crippen LogP contribution in [0.25, 0.3) is 5.57 Å². The maximum Gasteiger partial charge on any atom is 0.295 e. The zero-order chi connectivity index (χ0) is 13.6. The molecule has 0 atom stereocenters. The van der Waals surface area contributed by atoms with Crippen LogP contribution in [0.3, 0.4) is 0 Å². The Bertz CT molecular complexity index is 433. The summed E-state index contributed by atoms with van der Waals surface area (Å²) in [4.78, 5) is 14.6. The quantitative estimate of drug-likeness (QED) is 0.572. The highest BCUT2D eigenvalue weighted by molar-refractivity contribution is 5.70. The van der Waals surface area contributed by atoms with Crippen molar-refractivity contribution in [2.75, 3.05) is 0 Å². The van der Waals surface area contributed by atoms with Crippen molar-refractivity contribution in [1.82, 2.24) is 4.98 Å². The van der Waals surface area contributed by atoms with Gasteiger partial charge in [0.15, 0.2) is 0 Å². The van der Waals surface area contributed by atoms with Gasteiger partial charge in [0.05, 0.1) is 4.92 Å². The Kier molecular flexibility index (Phi) is 6.10. The lowest BCUT2D eigenvalue weighted by Crippen LogP contribution is -1.99. The Morgan fingerprint density at radius 1 is 1.24 bits per heavy atom. The molecule has 0 aliphatic rings. The van der Waals surface area contributed by atoms with Gasteiger partial charge in [-0.1, -0.05) is 19.4 Å². The van der Waals surface area contributed by atoms with Crippen LogP contribution in [0, 0.1) is 17.0 Å². The van der Waals surface area contributed by atoms with Crippen molar-refractivity contribution in [3.8, 4) is 0 Å². The molecule has 17 heavy (non-hydrogen) atoms. The van der Waals surface area contributed by atoms with E-state index < -0.39 is 4.92 Å². The molecule has 0 amide bonds. The monoisotopic (exact) mass is 236 g/mol. The number of pyridine rings is 1. The zero-order valence-corrected chi connectivity index (χ0v) is 11.4. The molecule has 1 aromatic rings. The van der Waals surface area contributed by atoms with Gasteiger partial charge in [-0.25, -0.2) is 4.98 Å². The van der Waals surface area contributed by atoms with Gasteiger partial charge >= 0.3 is 0 Å². The molecule has 0 bridgehead atoms. The molecule has 0 unspecified atom stereocenters. The summed E-state index contributed by atoms with van der Waals surface area (Å²) in [5.41, 5.74) is 3.23. The molecular weight excluding hydrogens is 216 g/mol. The fraction of sp³-hybridized carbons (Fsp3) is 0.462. The molecular formula is C13H20N2O2. The molecule has 0 N–H and O–H groups in total. The van der Waals surface area contributed by atoms with Gasteiger partial charge in [0.1, 0.15) is 5.69 Å². The zero-order valence-electron chi connectivity index (χ0n) is 11.4. The van der Waals surface area contributed by atoms with Crippen LogP contribution >= 0.6 is 0 Å². The van der Waals surface area contributed by atoms with Crippen LogP contribution in [0.15, 0.2) is 17.7 Å². The summed E-state index contributed by atoms with van der Waals surface area (Å²) < 4.78 is 0. The minimum absolute atomic E-state index is 0.0688. The maximum atomic E-state index is 10.8.